The third-order valence-electron chi connectivity index (χ3n) is 3.21. The first kappa shape index (κ1) is 17.8. The molecule has 0 aliphatic heterocycles. The van der Waals surface area contributed by atoms with Crippen LogP contribution in [0.1, 0.15) is 10.4 Å². The first-order chi connectivity index (χ1) is 11.5. The lowest BCUT2D eigenvalue weighted by atomic mass is 10.2. The Kier molecular flexibility index (Phi) is 6.20. The van der Waals surface area contributed by atoms with Gasteiger partial charge in [-0.3, -0.25) is 9.59 Å². The van der Waals surface area contributed by atoms with Crippen molar-refractivity contribution in [2.75, 3.05) is 26.1 Å². The number of halogens is 1. The Morgan fingerprint density at radius 1 is 1.08 bits per heavy atom. The van der Waals surface area contributed by atoms with Crippen molar-refractivity contribution < 1.29 is 19.1 Å². The minimum absolute atomic E-state index is 0.166. The van der Waals surface area contributed by atoms with Gasteiger partial charge in [0, 0.05) is 10.5 Å². The van der Waals surface area contributed by atoms with Gasteiger partial charge in [-0.15, -0.1) is 0 Å². The van der Waals surface area contributed by atoms with Gasteiger partial charge in [0.25, 0.3) is 5.91 Å². The largest absolute Gasteiger partial charge is 0.497 e. The van der Waals surface area contributed by atoms with Crippen molar-refractivity contribution in [2.45, 2.75) is 0 Å². The van der Waals surface area contributed by atoms with Gasteiger partial charge >= 0.3 is 0 Å². The lowest BCUT2D eigenvalue weighted by Crippen LogP contribution is -2.33. The Labute approximate surface area is 148 Å². The Morgan fingerprint density at radius 2 is 1.83 bits per heavy atom. The zero-order chi connectivity index (χ0) is 17.5. The fourth-order valence-corrected chi connectivity index (χ4v) is 2.47. The third kappa shape index (κ3) is 4.48. The monoisotopic (exact) mass is 392 g/mol. The van der Waals surface area contributed by atoms with Crippen molar-refractivity contribution in [3.63, 3.8) is 0 Å². The lowest BCUT2D eigenvalue weighted by Gasteiger charge is -2.12. The topological polar surface area (TPSA) is 76.7 Å². The van der Waals surface area contributed by atoms with Crippen LogP contribution in [0.5, 0.6) is 11.5 Å². The molecule has 0 aliphatic rings. The van der Waals surface area contributed by atoms with Crippen LogP contribution in [0.25, 0.3) is 0 Å². The highest BCUT2D eigenvalue weighted by Crippen LogP contribution is 2.28. The van der Waals surface area contributed by atoms with Crippen LogP contribution in [-0.4, -0.2) is 32.6 Å². The van der Waals surface area contributed by atoms with Gasteiger partial charge in [0.05, 0.1) is 32.0 Å². The summed E-state index contributed by atoms with van der Waals surface area (Å²) >= 11 is 3.30. The summed E-state index contributed by atoms with van der Waals surface area (Å²) in [6.45, 7) is -0.166. The molecule has 24 heavy (non-hydrogen) atoms. The molecular formula is C17H17BrN2O4. The van der Waals surface area contributed by atoms with E-state index in [1.165, 1.54) is 14.2 Å². The van der Waals surface area contributed by atoms with E-state index in [0.717, 1.165) is 0 Å². The van der Waals surface area contributed by atoms with Crippen LogP contribution in [0.3, 0.4) is 0 Å². The third-order valence-corrected chi connectivity index (χ3v) is 3.90. The van der Waals surface area contributed by atoms with E-state index in [1.807, 2.05) is 6.07 Å². The molecule has 126 valence electrons. The maximum absolute atomic E-state index is 12.1. The van der Waals surface area contributed by atoms with Gasteiger partial charge in [-0.2, -0.15) is 0 Å². The quantitative estimate of drug-likeness (QED) is 0.792. The van der Waals surface area contributed by atoms with Gasteiger partial charge in [0.15, 0.2) is 0 Å². The summed E-state index contributed by atoms with van der Waals surface area (Å²) in [6.07, 6.45) is 0. The van der Waals surface area contributed by atoms with Gasteiger partial charge in [-0.1, -0.05) is 12.1 Å². The fraction of sp³-hybridized carbons (Fsp3) is 0.176. The molecule has 2 rings (SSSR count). The van der Waals surface area contributed by atoms with Crippen LogP contribution >= 0.6 is 15.9 Å². The van der Waals surface area contributed by atoms with Crippen molar-refractivity contribution in [2.24, 2.45) is 0 Å². The van der Waals surface area contributed by atoms with E-state index in [9.17, 15) is 9.59 Å². The molecule has 0 spiro atoms. The van der Waals surface area contributed by atoms with Crippen LogP contribution in [-0.2, 0) is 4.79 Å². The molecule has 0 saturated carbocycles. The number of carbonyl (C=O) groups is 2. The Hall–Kier alpha value is -2.54. The number of anilines is 1. The highest BCUT2D eigenvalue weighted by molar-refractivity contribution is 9.10. The number of rotatable bonds is 6. The second-order valence-electron chi connectivity index (χ2n) is 4.78. The predicted molar refractivity (Wildman–Crippen MR) is 94.7 cm³/mol. The van der Waals surface area contributed by atoms with Gasteiger partial charge < -0.3 is 20.1 Å². The maximum Gasteiger partial charge on any atom is 0.252 e. The number of methoxy groups -OCH3 is 2. The number of carbonyl (C=O) groups excluding carboxylic acids is 2. The fourth-order valence-electron chi connectivity index (χ4n) is 2.01. The predicted octanol–water partition coefficient (Wildman–Crippen LogP) is 2.83. The highest BCUT2D eigenvalue weighted by Gasteiger charge is 2.12. The van der Waals surface area contributed by atoms with E-state index < -0.39 is 0 Å². The number of nitrogens with one attached hydrogen (secondary N) is 2. The molecule has 0 saturated heterocycles. The molecular weight excluding hydrogens is 376 g/mol. The highest BCUT2D eigenvalue weighted by atomic mass is 79.9. The van der Waals surface area contributed by atoms with E-state index in [4.69, 9.17) is 9.47 Å². The molecule has 0 unspecified atom stereocenters. The average Bonchev–Trinajstić information content (AvgIpc) is 2.60. The van der Waals surface area contributed by atoms with Gasteiger partial charge in [-0.25, -0.2) is 0 Å². The summed E-state index contributed by atoms with van der Waals surface area (Å²) < 4.78 is 11.0. The minimum atomic E-state index is -0.373. The maximum atomic E-state index is 12.1. The van der Waals surface area contributed by atoms with Crippen LogP contribution < -0.4 is 20.1 Å². The van der Waals surface area contributed by atoms with Crippen molar-refractivity contribution in [1.82, 2.24) is 5.32 Å². The van der Waals surface area contributed by atoms with Gasteiger partial charge in [0.1, 0.15) is 11.5 Å². The molecule has 0 aliphatic carbocycles. The molecule has 0 fully saturated rings. The molecule has 7 heteroatoms. The summed E-state index contributed by atoms with van der Waals surface area (Å²) in [5.74, 6) is 0.377. The van der Waals surface area contributed by atoms with E-state index in [2.05, 4.69) is 26.6 Å². The molecule has 2 aromatic rings. The molecule has 0 radical (unpaired) electrons. The zero-order valence-corrected chi connectivity index (χ0v) is 14.8. The van der Waals surface area contributed by atoms with E-state index in [0.29, 0.717) is 27.2 Å². The second kappa shape index (κ2) is 8.35. The van der Waals surface area contributed by atoms with E-state index in [1.54, 1.807) is 36.4 Å². The Balaban J connectivity index is 1.99. The van der Waals surface area contributed by atoms with Crippen molar-refractivity contribution in [1.29, 1.82) is 0 Å². The molecule has 0 atom stereocenters. The normalized spacial score (nSPS) is 9.96. The first-order valence-corrected chi connectivity index (χ1v) is 7.89. The van der Waals surface area contributed by atoms with Crippen molar-refractivity contribution in [3.8, 4) is 11.5 Å². The molecule has 2 amide bonds. The van der Waals surface area contributed by atoms with Gasteiger partial charge in [-0.05, 0) is 40.2 Å². The number of amides is 2. The number of hydrogen-bond acceptors (Lipinski definition) is 4. The molecule has 6 nitrogen and oxygen atoms in total. The summed E-state index contributed by atoms with van der Waals surface area (Å²) in [5.41, 5.74) is 0.932. The Morgan fingerprint density at radius 3 is 2.50 bits per heavy atom. The Bertz CT molecular complexity index is 749. The smallest absolute Gasteiger partial charge is 0.252 e. The zero-order valence-electron chi connectivity index (χ0n) is 13.3. The van der Waals surface area contributed by atoms with Crippen molar-refractivity contribution in [3.05, 3.63) is 52.5 Å². The molecule has 0 bridgehead atoms. The van der Waals surface area contributed by atoms with E-state index >= 15 is 0 Å². The van der Waals surface area contributed by atoms with Crippen molar-refractivity contribution >= 4 is 33.4 Å². The molecule has 2 N–H and O–H groups in total. The summed E-state index contributed by atoms with van der Waals surface area (Å²) in [6, 6.07) is 12.0. The van der Waals surface area contributed by atoms with Crippen LogP contribution in [0, 0.1) is 0 Å². The SMILES string of the molecule is COc1ccc(OC)c(NC(=O)CNC(=O)c2ccccc2Br)c1. The number of benzene rings is 2. The summed E-state index contributed by atoms with van der Waals surface area (Å²) in [4.78, 5) is 24.1. The number of hydrogen-bond donors (Lipinski definition) is 2. The van der Waals surface area contributed by atoms with Crippen LogP contribution in [0.15, 0.2) is 46.9 Å². The minimum Gasteiger partial charge on any atom is -0.497 e. The molecule has 2 aromatic carbocycles. The molecule has 0 aromatic heterocycles. The summed E-state index contributed by atoms with van der Waals surface area (Å²) in [5, 5.41) is 5.26. The average molecular weight is 393 g/mol. The summed E-state index contributed by atoms with van der Waals surface area (Å²) in [7, 11) is 3.04. The van der Waals surface area contributed by atoms with Crippen LogP contribution in [0.2, 0.25) is 0 Å². The van der Waals surface area contributed by atoms with Gasteiger partial charge in [0.2, 0.25) is 5.91 Å². The standard InChI is InChI=1S/C17H17BrN2O4/c1-23-11-7-8-15(24-2)14(9-11)20-16(21)10-19-17(22)12-5-3-4-6-13(12)18/h3-9H,10H2,1-2H3,(H,19,22)(H,20,21). The second-order valence-corrected chi connectivity index (χ2v) is 5.63. The van der Waals surface area contributed by atoms with E-state index in [-0.39, 0.29) is 18.4 Å². The number of ether oxygens (including phenoxy) is 2. The first-order valence-electron chi connectivity index (χ1n) is 7.09. The molecule has 0 heterocycles. The van der Waals surface area contributed by atoms with Crippen LogP contribution in [0.4, 0.5) is 5.69 Å². The lowest BCUT2D eigenvalue weighted by molar-refractivity contribution is -0.115.